The monoisotopic (exact) mass is 472 g/mol. The number of fused-ring (bicyclic) bond motifs is 3. The molecular formula is C30H19BrN+. The number of benzene rings is 4. The smallest absolute Gasteiger partial charge is 0.103 e. The first-order chi connectivity index (χ1) is 15.8. The van der Waals surface area contributed by atoms with Crippen molar-refractivity contribution in [3.8, 4) is 16.8 Å². The zero-order valence-electron chi connectivity index (χ0n) is 17.3. The van der Waals surface area contributed by atoms with Crippen LogP contribution in [0.3, 0.4) is 0 Å². The number of rotatable bonds is 3. The molecule has 1 heterocycles. The topological polar surface area (TPSA) is 4.93 Å². The normalized spacial score (nSPS) is 12.8. The van der Waals surface area contributed by atoms with Crippen LogP contribution in [0.2, 0.25) is 0 Å². The first kappa shape index (κ1) is 19.0. The number of hydrogen-bond donors (Lipinski definition) is 0. The lowest BCUT2D eigenvalue weighted by Gasteiger charge is -2.10. The standard InChI is InChI=1S/C30H19BrN/c31-28-19-22(21-9-3-1-4-10-21)15-17-25(28)23-16-18-27-26-13-7-8-14-29(26)32(30(27)20-23)24-11-5-2-6-12-24/h2-20H/q+1. The third-order valence-corrected chi connectivity index (χ3v) is 6.68. The van der Waals surface area contributed by atoms with Crippen LogP contribution < -0.4 is 0 Å². The molecule has 150 valence electrons. The number of halogens is 1. The Hall–Kier alpha value is -3.71. The number of para-hydroxylation sites is 2. The van der Waals surface area contributed by atoms with Gasteiger partial charge in [-0.3, -0.25) is 0 Å². The molecule has 1 aliphatic rings. The maximum Gasteiger partial charge on any atom is 0.103 e. The summed E-state index contributed by atoms with van der Waals surface area (Å²) in [5.41, 5.74) is 8.36. The highest BCUT2D eigenvalue weighted by atomic mass is 79.9. The number of aromatic nitrogens is 1. The van der Waals surface area contributed by atoms with Gasteiger partial charge in [-0.25, -0.2) is 0 Å². The molecular weight excluding hydrogens is 454 g/mol. The van der Waals surface area contributed by atoms with Crippen molar-refractivity contribution in [1.29, 1.82) is 0 Å². The predicted octanol–water partition coefficient (Wildman–Crippen LogP) is 8.53. The Morgan fingerprint density at radius 2 is 1.47 bits per heavy atom. The third kappa shape index (κ3) is 3.13. The number of allylic oxidation sites excluding steroid dienone is 6. The molecule has 5 aromatic rings. The van der Waals surface area contributed by atoms with E-state index in [0.29, 0.717) is 0 Å². The largest absolute Gasteiger partial charge is 0.309 e. The number of nitrogens with zero attached hydrogens (tertiary/aromatic N) is 1. The van der Waals surface area contributed by atoms with Crippen molar-refractivity contribution in [2.24, 2.45) is 0 Å². The fraction of sp³-hybridized carbons (Fsp3) is 0. The minimum Gasteiger partial charge on any atom is -0.309 e. The van der Waals surface area contributed by atoms with Crippen LogP contribution in [0.25, 0.3) is 44.2 Å². The van der Waals surface area contributed by atoms with Gasteiger partial charge in [0.15, 0.2) is 0 Å². The van der Waals surface area contributed by atoms with E-state index >= 15 is 0 Å². The van der Waals surface area contributed by atoms with Gasteiger partial charge in [0.1, 0.15) is 12.2 Å². The molecule has 0 aliphatic heterocycles. The fourth-order valence-corrected chi connectivity index (χ4v) is 5.11. The van der Waals surface area contributed by atoms with Crippen molar-refractivity contribution in [1.82, 2.24) is 4.57 Å². The summed E-state index contributed by atoms with van der Waals surface area (Å²) in [5, 5.41) is 2.54. The molecule has 6 rings (SSSR count). The van der Waals surface area contributed by atoms with Crippen LogP contribution in [0.1, 0.15) is 5.56 Å². The average molecular weight is 473 g/mol. The summed E-state index contributed by atoms with van der Waals surface area (Å²) in [5.74, 6) is 0. The molecule has 4 aromatic carbocycles. The van der Waals surface area contributed by atoms with Crippen molar-refractivity contribution in [2.45, 2.75) is 0 Å². The molecule has 0 atom stereocenters. The Morgan fingerprint density at radius 1 is 0.688 bits per heavy atom. The van der Waals surface area contributed by atoms with E-state index in [2.05, 4.69) is 130 Å². The number of hydrogen-bond acceptors (Lipinski definition) is 0. The van der Waals surface area contributed by atoms with E-state index in [0.717, 1.165) is 4.47 Å². The zero-order valence-corrected chi connectivity index (χ0v) is 18.9. The molecule has 0 unspecified atom stereocenters. The molecule has 0 fully saturated rings. The molecule has 0 saturated carbocycles. The van der Waals surface area contributed by atoms with E-state index in [9.17, 15) is 0 Å². The highest BCUT2D eigenvalue weighted by Crippen LogP contribution is 2.37. The molecule has 0 amide bonds. The Balaban J connectivity index is 1.55. The van der Waals surface area contributed by atoms with Crippen LogP contribution in [0.15, 0.2) is 120 Å². The molecule has 1 nitrogen and oxygen atoms in total. The minimum atomic E-state index is 1.09. The van der Waals surface area contributed by atoms with Crippen LogP contribution in [0.5, 0.6) is 0 Å². The highest BCUT2D eigenvalue weighted by molar-refractivity contribution is 9.10. The molecule has 1 aliphatic carbocycles. The predicted molar refractivity (Wildman–Crippen MR) is 139 cm³/mol. The van der Waals surface area contributed by atoms with Gasteiger partial charge in [0.25, 0.3) is 0 Å². The second-order valence-corrected chi connectivity index (χ2v) is 8.76. The van der Waals surface area contributed by atoms with Gasteiger partial charge in [0.2, 0.25) is 0 Å². The van der Waals surface area contributed by atoms with Gasteiger partial charge >= 0.3 is 0 Å². The van der Waals surface area contributed by atoms with Crippen LogP contribution >= 0.6 is 15.9 Å². The van der Waals surface area contributed by atoms with Crippen molar-refractivity contribution < 1.29 is 0 Å². The first-order valence-electron chi connectivity index (χ1n) is 10.6. The van der Waals surface area contributed by atoms with Crippen LogP contribution in [-0.4, -0.2) is 4.57 Å². The van der Waals surface area contributed by atoms with Crippen molar-refractivity contribution in [3.05, 3.63) is 131 Å². The van der Waals surface area contributed by atoms with E-state index in [4.69, 9.17) is 0 Å². The van der Waals surface area contributed by atoms with Gasteiger partial charge in [-0.05, 0) is 41.5 Å². The second kappa shape index (κ2) is 7.76. The Labute approximate surface area is 195 Å². The zero-order chi connectivity index (χ0) is 21.5. The van der Waals surface area contributed by atoms with E-state index in [1.165, 1.54) is 49.8 Å². The summed E-state index contributed by atoms with van der Waals surface area (Å²) in [6.07, 6.45) is 11.2. The molecule has 0 radical (unpaired) electrons. The van der Waals surface area contributed by atoms with E-state index in [1.807, 2.05) is 12.2 Å². The SMILES string of the molecule is Brc1cc(C2=CC=[C+]C=C2)ccc1-c1ccc2c3ccccc3n(-c3ccccc3)c2c1. The Kier molecular flexibility index (Phi) is 4.61. The van der Waals surface area contributed by atoms with Gasteiger partial charge < -0.3 is 4.57 Å². The van der Waals surface area contributed by atoms with Crippen LogP contribution in [0, 0.1) is 6.08 Å². The summed E-state index contributed by atoms with van der Waals surface area (Å²) < 4.78 is 3.45. The average Bonchev–Trinajstić information content (AvgIpc) is 3.19. The summed E-state index contributed by atoms with van der Waals surface area (Å²) in [6, 6.07) is 32.6. The molecule has 0 N–H and O–H groups in total. The van der Waals surface area contributed by atoms with E-state index in [1.54, 1.807) is 0 Å². The molecule has 0 bridgehead atoms. The lowest BCUT2D eigenvalue weighted by atomic mass is 9.98. The third-order valence-electron chi connectivity index (χ3n) is 6.02. The van der Waals surface area contributed by atoms with E-state index in [-0.39, 0.29) is 0 Å². The molecule has 0 saturated heterocycles. The minimum absolute atomic E-state index is 1.09. The van der Waals surface area contributed by atoms with E-state index < -0.39 is 0 Å². The van der Waals surface area contributed by atoms with Gasteiger partial charge in [-0.1, -0.05) is 76.6 Å². The van der Waals surface area contributed by atoms with Gasteiger partial charge in [-0.2, -0.15) is 0 Å². The molecule has 0 spiro atoms. The quantitative estimate of drug-likeness (QED) is 0.232. The summed E-state index contributed by atoms with van der Waals surface area (Å²) in [4.78, 5) is 0. The summed E-state index contributed by atoms with van der Waals surface area (Å²) in [6.45, 7) is 0. The Morgan fingerprint density at radius 3 is 2.28 bits per heavy atom. The van der Waals surface area contributed by atoms with Crippen molar-refractivity contribution >= 4 is 43.3 Å². The molecule has 1 aromatic heterocycles. The first-order valence-corrected chi connectivity index (χ1v) is 11.4. The highest BCUT2D eigenvalue weighted by Gasteiger charge is 2.15. The lowest BCUT2D eigenvalue weighted by Crippen LogP contribution is -1.93. The van der Waals surface area contributed by atoms with Gasteiger partial charge in [-0.15, -0.1) is 0 Å². The van der Waals surface area contributed by atoms with Crippen LogP contribution in [-0.2, 0) is 0 Å². The van der Waals surface area contributed by atoms with Crippen LogP contribution in [0.4, 0.5) is 0 Å². The molecule has 2 heteroatoms. The van der Waals surface area contributed by atoms with Gasteiger partial charge in [0, 0.05) is 32.6 Å². The maximum absolute atomic E-state index is 3.83. The van der Waals surface area contributed by atoms with Crippen molar-refractivity contribution in [2.75, 3.05) is 0 Å². The Bertz CT molecular complexity index is 1570. The van der Waals surface area contributed by atoms with Crippen molar-refractivity contribution in [3.63, 3.8) is 0 Å². The maximum atomic E-state index is 3.83. The fourth-order valence-electron chi connectivity index (χ4n) is 4.50. The second-order valence-electron chi connectivity index (χ2n) is 7.90. The summed E-state index contributed by atoms with van der Waals surface area (Å²) >= 11 is 3.83. The van der Waals surface area contributed by atoms with Gasteiger partial charge in [0.05, 0.1) is 28.8 Å². The lowest BCUT2D eigenvalue weighted by molar-refractivity contribution is 1.18. The summed E-state index contributed by atoms with van der Waals surface area (Å²) in [7, 11) is 0. The molecule has 32 heavy (non-hydrogen) atoms.